The average Bonchev–Trinajstić information content (AvgIpc) is 3.75. The number of fused-ring (bicyclic) bond motifs is 3. The number of nitrogens with zero attached hydrogens (tertiary/aromatic N) is 7. The molecule has 4 aromatic heterocycles. The molecule has 1 amide bonds. The SMILES string of the molecule is COc1ccc(-c2ccc(-c3cnn4c(N)c(C(C)=O)c(C5C[C@H]6CC[C@H](C5)N6C(=O)c5ncn[nH]5)nc34)cn2)cc1C. The molecule has 0 saturated carbocycles. The first-order valence-electron chi connectivity index (χ1n) is 14.3. The molecule has 0 radical (unpaired) electrons. The van der Waals surface area contributed by atoms with Crippen LogP contribution >= 0.6 is 0 Å². The number of pyridine rings is 1. The number of aromatic amines is 1. The fourth-order valence-electron chi connectivity index (χ4n) is 6.82. The van der Waals surface area contributed by atoms with Crippen molar-refractivity contribution in [3.05, 3.63) is 71.7 Å². The van der Waals surface area contributed by atoms with Crippen LogP contribution in [0, 0.1) is 6.92 Å². The van der Waals surface area contributed by atoms with Crippen molar-refractivity contribution in [3.63, 3.8) is 0 Å². The molecule has 5 aromatic rings. The normalized spacial score (nSPS) is 19.6. The number of amides is 1. The van der Waals surface area contributed by atoms with E-state index in [-0.39, 0.29) is 41.3 Å². The summed E-state index contributed by atoms with van der Waals surface area (Å²) in [6, 6.07) is 9.96. The molecule has 12 nitrogen and oxygen atoms in total. The lowest BCUT2D eigenvalue weighted by atomic mass is 9.85. The van der Waals surface area contributed by atoms with E-state index in [9.17, 15) is 9.59 Å². The largest absolute Gasteiger partial charge is 0.496 e. The molecule has 0 aliphatic carbocycles. The number of aromatic nitrogens is 7. The molecule has 12 heteroatoms. The lowest BCUT2D eigenvalue weighted by molar-refractivity contribution is 0.0556. The molecule has 2 atom stereocenters. The third-order valence-electron chi connectivity index (χ3n) is 8.80. The molecule has 2 fully saturated rings. The maximum atomic E-state index is 13.2. The first kappa shape index (κ1) is 26.7. The number of ether oxygens (including phenoxy) is 1. The maximum absolute atomic E-state index is 13.2. The van der Waals surface area contributed by atoms with E-state index in [0.29, 0.717) is 29.7 Å². The van der Waals surface area contributed by atoms with Crippen LogP contribution in [0.25, 0.3) is 28.0 Å². The Labute approximate surface area is 247 Å². The van der Waals surface area contributed by atoms with E-state index in [1.54, 1.807) is 19.5 Å². The average molecular weight is 578 g/mol. The van der Waals surface area contributed by atoms with Gasteiger partial charge in [-0.05, 0) is 69.4 Å². The van der Waals surface area contributed by atoms with Crippen molar-refractivity contribution >= 4 is 23.2 Å². The number of Topliss-reactive ketones (excluding diaryl/α,β-unsaturated/α-hetero) is 1. The van der Waals surface area contributed by atoms with E-state index in [0.717, 1.165) is 46.5 Å². The number of nitrogens with two attached hydrogens (primary N) is 1. The second kappa shape index (κ2) is 10.3. The summed E-state index contributed by atoms with van der Waals surface area (Å²) in [5, 5.41) is 11.0. The highest BCUT2D eigenvalue weighted by Gasteiger charge is 2.45. The highest BCUT2D eigenvalue weighted by atomic mass is 16.5. The predicted octanol–water partition coefficient (Wildman–Crippen LogP) is 4.23. The van der Waals surface area contributed by atoms with E-state index >= 15 is 0 Å². The smallest absolute Gasteiger partial charge is 0.291 e. The summed E-state index contributed by atoms with van der Waals surface area (Å²) < 4.78 is 6.92. The van der Waals surface area contributed by atoms with Crippen LogP contribution in [0.5, 0.6) is 5.75 Å². The van der Waals surface area contributed by atoms with Crippen LogP contribution < -0.4 is 10.5 Å². The summed E-state index contributed by atoms with van der Waals surface area (Å²) in [6.45, 7) is 3.51. The Balaban J connectivity index is 1.24. The summed E-state index contributed by atoms with van der Waals surface area (Å²) in [6.07, 6.45) is 7.99. The van der Waals surface area contributed by atoms with Crippen molar-refractivity contribution < 1.29 is 14.3 Å². The van der Waals surface area contributed by atoms with Crippen molar-refractivity contribution in [1.82, 2.24) is 39.7 Å². The molecule has 0 spiro atoms. The summed E-state index contributed by atoms with van der Waals surface area (Å²) in [7, 11) is 1.66. The second-order valence-electron chi connectivity index (χ2n) is 11.3. The topological polar surface area (TPSA) is 157 Å². The van der Waals surface area contributed by atoms with Crippen molar-refractivity contribution in [3.8, 4) is 28.1 Å². The van der Waals surface area contributed by atoms with Crippen molar-refractivity contribution in [1.29, 1.82) is 0 Å². The fourth-order valence-corrected chi connectivity index (χ4v) is 6.82. The number of carbonyl (C=O) groups excluding carboxylic acids is 2. The van der Waals surface area contributed by atoms with Crippen molar-refractivity contribution in [2.75, 3.05) is 12.8 Å². The molecule has 6 heterocycles. The number of piperidine rings is 1. The standard InChI is InChI=1S/C31H31N9O3/c1-16-10-18(5-9-25(16)43-3)24-8-4-19(13-33-24)23-14-36-40-28(32)26(17(2)41)27(37-30(23)40)20-11-21-6-7-22(12-20)39(21)31(42)29-34-15-35-38-29/h4-5,8-10,13-15,20-22H,6-7,11-12,32H2,1-3H3,(H,34,35,38)/t21-,22-/m1/s1. The number of H-pyrrole nitrogens is 1. The molecule has 43 heavy (non-hydrogen) atoms. The van der Waals surface area contributed by atoms with Crippen LogP contribution in [0.1, 0.15) is 70.8 Å². The number of ketones is 1. The molecule has 2 bridgehead atoms. The molecular weight excluding hydrogens is 546 g/mol. The molecule has 2 saturated heterocycles. The van der Waals surface area contributed by atoms with Gasteiger partial charge in [0.1, 0.15) is 17.9 Å². The quantitative estimate of drug-likeness (QED) is 0.282. The van der Waals surface area contributed by atoms with Gasteiger partial charge >= 0.3 is 0 Å². The highest BCUT2D eigenvalue weighted by molar-refractivity contribution is 6.00. The molecule has 0 unspecified atom stereocenters. The summed E-state index contributed by atoms with van der Waals surface area (Å²) in [4.78, 5) is 41.9. The number of methoxy groups -OCH3 is 1. The van der Waals surface area contributed by atoms with Gasteiger partial charge in [-0.15, -0.1) is 0 Å². The first-order valence-corrected chi connectivity index (χ1v) is 14.3. The van der Waals surface area contributed by atoms with Gasteiger partial charge in [-0.25, -0.2) is 9.97 Å². The minimum Gasteiger partial charge on any atom is -0.496 e. The van der Waals surface area contributed by atoms with Gasteiger partial charge in [0.25, 0.3) is 5.91 Å². The minimum atomic E-state index is -0.160. The molecule has 2 aliphatic heterocycles. The Kier molecular flexibility index (Phi) is 6.41. The second-order valence-corrected chi connectivity index (χ2v) is 11.3. The van der Waals surface area contributed by atoms with Crippen LogP contribution in [0.2, 0.25) is 0 Å². The van der Waals surface area contributed by atoms with Crippen LogP contribution in [0.15, 0.2) is 49.1 Å². The van der Waals surface area contributed by atoms with Gasteiger partial charge in [0.2, 0.25) is 5.82 Å². The van der Waals surface area contributed by atoms with Gasteiger partial charge < -0.3 is 15.4 Å². The van der Waals surface area contributed by atoms with E-state index in [2.05, 4.69) is 20.3 Å². The lowest BCUT2D eigenvalue weighted by Gasteiger charge is -2.38. The molecule has 218 valence electrons. The lowest BCUT2D eigenvalue weighted by Crippen LogP contribution is -2.46. The predicted molar refractivity (Wildman–Crippen MR) is 159 cm³/mol. The van der Waals surface area contributed by atoms with Gasteiger partial charge in [-0.3, -0.25) is 19.7 Å². The van der Waals surface area contributed by atoms with Gasteiger partial charge in [0.05, 0.1) is 30.3 Å². The van der Waals surface area contributed by atoms with Crippen molar-refractivity contribution in [2.45, 2.75) is 57.5 Å². The number of hydrogen-bond acceptors (Lipinski definition) is 9. The minimum absolute atomic E-state index is 0.0168. The van der Waals surface area contributed by atoms with Crippen LogP contribution in [-0.4, -0.2) is 70.5 Å². The van der Waals surface area contributed by atoms with E-state index in [1.165, 1.54) is 17.8 Å². The van der Waals surface area contributed by atoms with E-state index in [4.69, 9.17) is 20.4 Å². The summed E-state index contributed by atoms with van der Waals surface area (Å²) in [5.41, 5.74) is 12.7. The fraction of sp³-hybridized carbons (Fsp3) is 0.323. The Morgan fingerprint density at radius 2 is 1.81 bits per heavy atom. The van der Waals surface area contributed by atoms with Crippen molar-refractivity contribution in [2.24, 2.45) is 0 Å². The van der Waals surface area contributed by atoms with Gasteiger partial charge in [-0.1, -0.05) is 6.07 Å². The molecule has 1 aromatic carbocycles. The Morgan fingerprint density at radius 3 is 2.44 bits per heavy atom. The highest BCUT2D eigenvalue weighted by Crippen LogP contribution is 2.45. The number of rotatable bonds is 6. The maximum Gasteiger partial charge on any atom is 0.291 e. The van der Waals surface area contributed by atoms with Crippen LogP contribution in [0.3, 0.4) is 0 Å². The molecule has 3 N–H and O–H groups in total. The van der Waals surface area contributed by atoms with Gasteiger partial charge in [-0.2, -0.15) is 14.7 Å². The number of benzene rings is 1. The monoisotopic (exact) mass is 577 g/mol. The molecule has 2 aliphatic rings. The van der Waals surface area contributed by atoms with E-state index in [1.807, 2.05) is 42.2 Å². The van der Waals surface area contributed by atoms with Gasteiger partial charge in [0, 0.05) is 40.9 Å². The number of nitrogen functional groups attached to an aromatic ring is 1. The van der Waals surface area contributed by atoms with Crippen LogP contribution in [0.4, 0.5) is 5.82 Å². The zero-order valence-electron chi connectivity index (χ0n) is 24.1. The number of anilines is 1. The summed E-state index contributed by atoms with van der Waals surface area (Å²) in [5.74, 6) is 1.00. The molecular formula is C31H31N9O3. The Morgan fingerprint density at radius 1 is 1.05 bits per heavy atom. The zero-order valence-corrected chi connectivity index (χ0v) is 24.1. The van der Waals surface area contributed by atoms with Gasteiger partial charge in [0.15, 0.2) is 11.4 Å². The number of nitrogens with one attached hydrogen (secondary N) is 1. The Hall–Kier alpha value is -5.13. The third kappa shape index (κ3) is 4.41. The van der Waals surface area contributed by atoms with Crippen LogP contribution in [-0.2, 0) is 0 Å². The Bertz CT molecular complexity index is 1850. The first-order chi connectivity index (χ1) is 20.8. The summed E-state index contributed by atoms with van der Waals surface area (Å²) >= 11 is 0. The number of carbonyl (C=O) groups is 2. The zero-order chi connectivity index (χ0) is 29.8. The van der Waals surface area contributed by atoms with E-state index < -0.39 is 0 Å². The molecule has 7 rings (SSSR count). The number of hydrogen-bond donors (Lipinski definition) is 2. The third-order valence-corrected chi connectivity index (χ3v) is 8.80. The number of aryl methyl sites for hydroxylation is 1.